The van der Waals surface area contributed by atoms with Gasteiger partial charge in [-0.05, 0) is 261 Å². The number of nitrogens with one attached hydrogen (secondary N) is 1. The van der Waals surface area contributed by atoms with E-state index in [-0.39, 0.29) is 112 Å². The molecule has 0 radical (unpaired) electrons. The van der Waals surface area contributed by atoms with Crippen molar-refractivity contribution >= 4 is 13.3 Å². The van der Waals surface area contributed by atoms with E-state index in [9.17, 15) is 25.0 Å². The van der Waals surface area contributed by atoms with Gasteiger partial charge in [-0.25, -0.2) is 0 Å². The molecule has 8 rings (SSSR count). The normalized spacial score (nSPS) is 28.1. The zero-order valence-electron chi connectivity index (χ0n) is 66.5. The average molecular weight is 1400 g/mol. The Morgan fingerprint density at radius 2 is 1.08 bits per heavy atom. The van der Waals surface area contributed by atoms with Crippen molar-refractivity contribution in [1.29, 1.82) is 0 Å². The van der Waals surface area contributed by atoms with Gasteiger partial charge in [0.25, 0.3) is 0 Å². The van der Waals surface area contributed by atoms with E-state index in [1.807, 2.05) is 46.8 Å². The Balaban J connectivity index is 0.000000258. The second-order valence-electron chi connectivity index (χ2n) is 36.5. The number of aliphatic hydroxyl groups excluding tert-OH is 4. The molecule has 4 saturated heterocycles. The number of likely N-dealkylation sites (tertiary alicyclic amines) is 2. The van der Waals surface area contributed by atoms with E-state index in [0.29, 0.717) is 62.1 Å². The van der Waals surface area contributed by atoms with Crippen LogP contribution in [0.2, 0.25) is 0 Å². The van der Waals surface area contributed by atoms with Crippen LogP contribution < -0.4 is 10.2 Å². The van der Waals surface area contributed by atoms with Crippen LogP contribution in [0, 0.1) is 33.5 Å². The SMILES string of the molecule is CC(C)(C)OCCC12CCC1(CO)CN(C(C)(C)C)C2.CC(C)OCC12CC=CCC1(CO)CN(C(C)(C)C)C2.CC(C)OCC1C(CO)C2CCC1N2C(C)(C)C.CC(C)OCC1Cc2cc(O)ccc2N1C(C)(C)C.CC(C)OCCOP(=O)(CCNC(C)(C)C)OCCO. The lowest BCUT2D eigenvalue weighted by atomic mass is 9.50. The van der Waals surface area contributed by atoms with Crippen LogP contribution in [0.15, 0.2) is 30.4 Å². The number of phenols is 1. The molecule has 2 bridgehead atoms. The Labute approximate surface area is 592 Å². The van der Waals surface area contributed by atoms with Gasteiger partial charge in [0.2, 0.25) is 0 Å². The van der Waals surface area contributed by atoms with Gasteiger partial charge in [-0.3, -0.25) is 19.3 Å². The monoisotopic (exact) mass is 1390 g/mol. The van der Waals surface area contributed by atoms with Crippen molar-refractivity contribution in [3.8, 4) is 5.75 Å². The fourth-order valence-electron chi connectivity index (χ4n) is 15.8. The van der Waals surface area contributed by atoms with E-state index in [1.165, 1.54) is 36.9 Å². The summed E-state index contributed by atoms with van der Waals surface area (Å²) in [7, 11) is -3.18. The van der Waals surface area contributed by atoms with Crippen molar-refractivity contribution < 1.29 is 62.8 Å². The van der Waals surface area contributed by atoms with Crippen molar-refractivity contribution in [2.75, 3.05) is 116 Å². The third-order valence-corrected chi connectivity index (χ3v) is 23.1. The highest BCUT2D eigenvalue weighted by Crippen LogP contribution is 2.64. The van der Waals surface area contributed by atoms with Crippen LogP contribution in [0.5, 0.6) is 5.75 Å². The first kappa shape index (κ1) is 87.6. The number of nitrogens with zero attached hydrogens (tertiary/aromatic N) is 4. The van der Waals surface area contributed by atoms with E-state index < -0.39 is 7.60 Å². The maximum atomic E-state index is 12.5. The predicted octanol–water partition coefficient (Wildman–Crippen LogP) is 13.6. The largest absolute Gasteiger partial charge is 0.508 e. The van der Waals surface area contributed by atoms with Crippen LogP contribution in [0.4, 0.5) is 5.69 Å². The minimum atomic E-state index is -3.18. The van der Waals surface area contributed by atoms with Crippen LogP contribution in [0.3, 0.4) is 0 Å². The molecule has 0 amide bonds. The fourth-order valence-corrected chi connectivity index (χ4v) is 17.3. The summed E-state index contributed by atoms with van der Waals surface area (Å²) < 4.78 is 51.9. The molecular weight excluding hydrogens is 1250 g/mol. The number of ether oxygens (including phenoxy) is 5. The van der Waals surface area contributed by atoms with E-state index in [1.54, 1.807) is 6.07 Å². The van der Waals surface area contributed by atoms with Crippen LogP contribution in [-0.4, -0.2) is 228 Å². The number of phenolic OH excluding ortho intramolecular Hbond substituents is 1. The van der Waals surface area contributed by atoms with Gasteiger partial charge >= 0.3 is 7.60 Å². The van der Waals surface area contributed by atoms with Gasteiger partial charge in [0.05, 0.1) is 102 Å². The lowest BCUT2D eigenvalue weighted by Gasteiger charge is -2.54. The molecule has 5 aliphatic heterocycles. The van der Waals surface area contributed by atoms with E-state index in [4.69, 9.17) is 37.8 Å². The topological polar surface area (TPSA) is 208 Å². The number of anilines is 1. The van der Waals surface area contributed by atoms with Crippen molar-refractivity contribution in [3.63, 3.8) is 0 Å². The van der Waals surface area contributed by atoms with E-state index in [2.05, 4.69) is 182 Å². The minimum Gasteiger partial charge on any atom is -0.508 e. The molecule has 18 nitrogen and oxygen atoms in total. The Bertz CT molecular complexity index is 2540. The van der Waals surface area contributed by atoms with Gasteiger partial charge in [0, 0.05) is 119 Å². The number of hydrogen-bond donors (Lipinski definition) is 6. The highest BCUT2D eigenvalue weighted by Gasteiger charge is 2.64. The molecule has 1 saturated carbocycles. The molecule has 10 unspecified atom stereocenters. The van der Waals surface area contributed by atoms with E-state index >= 15 is 0 Å². The summed E-state index contributed by atoms with van der Waals surface area (Å²) in [5, 5.41) is 51.5. The first-order chi connectivity index (χ1) is 44.6. The molecular formula is C78H148N5O13P. The molecule has 5 heterocycles. The summed E-state index contributed by atoms with van der Waals surface area (Å²) in [6.07, 6.45) is 14.6. The molecule has 10 atom stereocenters. The molecule has 6 N–H and O–H groups in total. The third kappa shape index (κ3) is 24.9. The molecule has 5 fully saturated rings. The van der Waals surface area contributed by atoms with Crippen molar-refractivity contribution in [2.45, 2.75) is 307 Å². The summed E-state index contributed by atoms with van der Waals surface area (Å²) in [5.41, 5.74) is 3.34. The number of fused-ring (bicyclic) bond motifs is 5. The average Bonchev–Trinajstić information content (AvgIpc) is 1.59. The molecule has 0 spiro atoms. The lowest BCUT2D eigenvalue weighted by molar-refractivity contribution is -0.103. The predicted molar refractivity (Wildman–Crippen MR) is 398 cm³/mol. The van der Waals surface area contributed by atoms with Gasteiger partial charge in [-0.1, -0.05) is 12.2 Å². The Morgan fingerprint density at radius 1 is 0.577 bits per heavy atom. The summed E-state index contributed by atoms with van der Waals surface area (Å²) in [4.78, 5) is 10.2. The highest BCUT2D eigenvalue weighted by molar-refractivity contribution is 7.53. The maximum absolute atomic E-state index is 12.5. The molecule has 1 aromatic rings. The second kappa shape index (κ2) is 36.3. The number of rotatable bonds is 26. The van der Waals surface area contributed by atoms with Gasteiger partial charge in [-0.2, -0.15) is 0 Å². The Morgan fingerprint density at radius 3 is 1.56 bits per heavy atom. The first-order valence-corrected chi connectivity index (χ1v) is 39.1. The van der Waals surface area contributed by atoms with Gasteiger partial charge in [-0.15, -0.1) is 0 Å². The van der Waals surface area contributed by atoms with Crippen molar-refractivity contribution in [3.05, 3.63) is 35.9 Å². The highest BCUT2D eigenvalue weighted by atomic mass is 31.2. The first-order valence-electron chi connectivity index (χ1n) is 37.3. The Kier molecular flexibility index (Phi) is 32.7. The van der Waals surface area contributed by atoms with Crippen molar-refractivity contribution in [1.82, 2.24) is 20.0 Å². The molecule has 19 heteroatoms. The number of aliphatic hydroxyl groups is 4. The molecule has 7 aliphatic rings. The molecule has 1 aromatic carbocycles. The molecule has 97 heavy (non-hydrogen) atoms. The van der Waals surface area contributed by atoms with Crippen molar-refractivity contribution in [2.24, 2.45) is 33.5 Å². The fraction of sp³-hybridized carbons (Fsp3) is 0.897. The maximum Gasteiger partial charge on any atom is 0.332 e. The summed E-state index contributed by atoms with van der Waals surface area (Å²) in [5.74, 6) is 1.26. The minimum absolute atomic E-state index is 0.0117. The number of benzene rings is 1. The van der Waals surface area contributed by atoms with Crippen LogP contribution in [-0.2, 0) is 43.7 Å². The number of aromatic hydroxyl groups is 1. The summed E-state index contributed by atoms with van der Waals surface area (Å²) in [6, 6.07) is 7.17. The van der Waals surface area contributed by atoms with Crippen LogP contribution in [0.25, 0.3) is 0 Å². The zero-order valence-corrected chi connectivity index (χ0v) is 67.4. The standard InChI is InChI=1S/C17H33NO2.C17H31NO2.C16H25NO2.C15H29NO2.C13H30NO5P/c1-14(2,3)18-11-16(9-10-20-15(4,5)6)7-8-17(16,12-18)13-19;1-14(2)20-13-17-9-7-6-8-16(17,12-19)10-18(11-17)15(3,4)5;1-11(2)19-10-13-8-12-9-14(18)6-7-15(12)17(13)16(3,4)5;1-10(2)18-9-12-11(8-17)13-6-7-14(12)16(13)15(3,4)5;1-12(2)17-9-10-19-20(16,18-8-7-15)11-6-14-13(3,4)5/h19H,7-13H2,1-6H3;6-7,14,19H,8-13H2,1-5H3;6-7,9,11,13,18H,8,10H2,1-5H3;10-14,17H,6-9H2,1-5H3;12,14-15H,6-11H2,1-5H3. The lowest BCUT2D eigenvalue weighted by Crippen LogP contribution is -2.53. The number of allylic oxidation sites excluding steroid dienone is 2. The van der Waals surface area contributed by atoms with Gasteiger partial charge < -0.3 is 68.5 Å². The van der Waals surface area contributed by atoms with Crippen LogP contribution in [0.1, 0.15) is 231 Å². The van der Waals surface area contributed by atoms with E-state index in [0.717, 1.165) is 78.3 Å². The van der Waals surface area contributed by atoms with Gasteiger partial charge in [0.1, 0.15) is 5.75 Å². The smallest absolute Gasteiger partial charge is 0.332 e. The zero-order chi connectivity index (χ0) is 73.6. The quantitative estimate of drug-likeness (QED) is 0.0290. The van der Waals surface area contributed by atoms with Crippen LogP contribution >= 0.6 is 7.60 Å². The van der Waals surface area contributed by atoms with Gasteiger partial charge in [0.15, 0.2) is 0 Å². The Hall–Kier alpha value is -1.81. The molecule has 0 aromatic heterocycles. The third-order valence-electron chi connectivity index (χ3n) is 21.2. The number of hydrogen-bond acceptors (Lipinski definition) is 18. The summed E-state index contributed by atoms with van der Waals surface area (Å²) >= 11 is 0. The summed E-state index contributed by atoms with van der Waals surface area (Å²) in [6.45, 7) is 65.0. The second-order valence-corrected chi connectivity index (χ2v) is 38.7. The molecule has 2 aliphatic carbocycles. The molecule has 568 valence electrons.